The van der Waals surface area contributed by atoms with E-state index in [1.807, 2.05) is 13.0 Å². The number of hydrogen-bond acceptors (Lipinski definition) is 4. The molecule has 0 N–H and O–H groups in total. The minimum atomic E-state index is -0.564. The van der Waals surface area contributed by atoms with Gasteiger partial charge in [-0.15, -0.1) is 0 Å². The molecule has 0 aliphatic rings. The smallest absolute Gasteiger partial charge is 0.264 e. The Morgan fingerprint density at radius 3 is 2.63 bits per heavy atom. The lowest BCUT2D eigenvalue weighted by Gasteiger charge is -2.23. The van der Waals surface area contributed by atoms with E-state index < -0.39 is 11.7 Å². The van der Waals surface area contributed by atoms with Crippen molar-refractivity contribution >= 4 is 29.0 Å². The number of Topliss-reactive ketones (excluding diaryl/α,β-unsaturated/α-hetero) is 1. The molecule has 0 radical (unpaired) electrons. The van der Waals surface area contributed by atoms with Crippen LogP contribution < -0.4 is 9.64 Å². The van der Waals surface area contributed by atoms with Gasteiger partial charge >= 0.3 is 0 Å². The number of carbonyl (C=O) groups excluding carboxylic acids is 2. The average molecular weight is 389 g/mol. The number of amides is 1. The quantitative estimate of drug-likeness (QED) is 0.662. The molecular formula is C20H18ClFN2O3. The van der Waals surface area contributed by atoms with Crippen molar-refractivity contribution in [3.05, 3.63) is 58.4 Å². The van der Waals surface area contributed by atoms with E-state index >= 15 is 0 Å². The van der Waals surface area contributed by atoms with E-state index in [1.54, 1.807) is 18.2 Å². The molecule has 0 saturated heterocycles. The molecule has 0 atom stereocenters. The minimum Gasteiger partial charge on any atom is -0.483 e. The van der Waals surface area contributed by atoms with Crippen molar-refractivity contribution in [2.24, 2.45) is 0 Å². The van der Waals surface area contributed by atoms with Crippen LogP contribution in [-0.4, -0.2) is 24.8 Å². The Hall–Kier alpha value is -2.91. The Balaban J connectivity index is 2.20. The summed E-state index contributed by atoms with van der Waals surface area (Å²) < 4.78 is 18.8. The van der Waals surface area contributed by atoms with Gasteiger partial charge in [0.1, 0.15) is 11.6 Å². The average Bonchev–Trinajstić information content (AvgIpc) is 2.63. The summed E-state index contributed by atoms with van der Waals surface area (Å²) in [5.41, 5.74) is 1.45. The molecule has 0 aliphatic heterocycles. The van der Waals surface area contributed by atoms with Crippen molar-refractivity contribution in [2.45, 2.75) is 20.3 Å². The summed E-state index contributed by atoms with van der Waals surface area (Å²) in [5, 5.41) is 9.43. The molecule has 2 aromatic rings. The molecule has 0 heterocycles. The number of anilines is 1. The molecule has 0 spiro atoms. The fourth-order valence-corrected chi connectivity index (χ4v) is 2.59. The van der Waals surface area contributed by atoms with Gasteiger partial charge < -0.3 is 9.64 Å². The zero-order valence-corrected chi connectivity index (χ0v) is 15.7. The Kier molecular flexibility index (Phi) is 6.91. The van der Waals surface area contributed by atoms with E-state index in [9.17, 15) is 14.0 Å². The molecule has 0 saturated carbocycles. The molecule has 27 heavy (non-hydrogen) atoms. The summed E-state index contributed by atoms with van der Waals surface area (Å²) in [6, 6.07) is 10.6. The van der Waals surface area contributed by atoms with Gasteiger partial charge in [0.25, 0.3) is 5.91 Å². The van der Waals surface area contributed by atoms with Crippen molar-refractivity contribution in [1.82, 2.24) is 0 Å². The molecule has 1 amide bonds. The number of ketones is 1. The minimum absolute atomic E-state index is 0.0636. The first-order valence-corrected chi connectivity index (χ1v) is 8.58. The number of ether oxygens (including phenoxy) is 1. The summed E-state index contributed by atoms with van der Waals surface area (Å²) in [4.78, 5) is 25.7. The van der Waals surface area contributed by atoms with Gasteiger partial charge in [-0.05, 0) is 55.8 Å². The number of nitrogens with zero attached hydrogens (tertiary/aromatic N) is 2. The second-order valence-electron chi connectivity index (χ2n) is 5.87. The second-order valence-corrected chi connectivity index (χ2v) is 6.28. The van der Waals surface area contributed by atoms with Crippen molar-refractivity contribution in [1.29, 1.82) is 5.26 Å². The lowest BCUT2D eigenvalue weighted by atomic mass is 10.1. The highest BCUT2D eigenvalue weighted by molar-refractivity contribution is 6.31. The number of nitriles is 1. The molecule has 0 unspecified atom stereocenters. The van der Waals surface area contributed by atoms with E-state index in [-0.39, 0.29) is 36.7 Å². The third kappa shape index (κ3) is 5.28. The molecule has 140 valence electrons. The van der Waals surface area contributed by atoms with Gasteiger partial charge in [-0.2, -0.15) is 5.26 Å². The maximum atomic E-state index is 13.3. The van der Waals surface area contributed by atoms with Crippen LogP contribution in [0.15, 0.2) is 36.4 Å². The van der Waals surface area contributed by atoms with Crippen LogP contribution in [0.3, 0.4) is 0 Å². The number of carbonyl (C=O) groups is 2. The van der Waals surface area contributed by atoms with Crippen LogP contribution in [0, 0.1) is 24.1 Å². The summed E-state index contributed by atoms with van der Waals surface area (Å²) >= 11 is 6.03. The van der Waals surface area contributed by atoms with Crippen LogP contribution in [-0.2, 0) is 4.79 Å². The summed E-state index contributed by atoms with van der Waals surface area (Å²) in [5.74, 6) is -1.20. The van der Waals surface area contributed by atoms with Crippen LogP contribution in [0.25, 0.3) is 0 Å². The lowest BCUT2D eigenvalue weighted by molar-refractivity contribution is -0.120. The van der Waals surface area contributed by atoms with Crippen LogP contribution in [0.2, 0.25) is 5.02 Å². The first-order chi connectivity index (χ1) is 12.8. The lowest BCUT2D eigenvalue weighted by Crippen LogP contribution is -2.36. The highest BCUT2D eigenvalue weighted by Gasteiger charge is 2.18. The fourth-order valence-electron chi connectivity index (χ4n) is 2.48. The summed E-state index contributed by atoms with van der Waals surface area (Å²) in [7, 11) is 0. The first-order valence-electron chi connectivity index (χ1n) is 8.20. The van der Waals surface area contributed by atoms with Gasteiger partial charge in [-0.1, -0.05) is 11.6 Å². The number of hydrogen-bond donors (Lipinski definition) is 0. The van der Waals surface area contributed by atoms with E-state index in [4.69, 9.17) is 21.6 Å². The Morgan fingerprint density at radius 2 is 2.00 bits per heavy atom. The highest BCUT2D eigenvalue weighted by atomic mass is 35.5. The van der Waals surface area contributed by atoms with E-state index in [0.29, 0.717) is 10.7 Å². The second kappa shape index (κ2) is 9.15. The maximum absolute atomic E-state index is 13.3. The largest absolute Gasteiger partial charge is 0.483 e. The van der Waals surface area contributed by atoms with Gasteiger partial charge in [0.05, 0.1) is 18.1 Å². The SMILES string of the molecule is CC(=O)c1cc(F)ccc1OCC(=O)N(CCC#N)c1ccc(Cl)c(C)c1. The third-order valence-electron chi connectivity index (χ3n) is 3.87. The van der Waals surface area contributed by atoms with Gasteiger partial charge in [-0.3, -0.25) is 9.59 Å². The van der Waals surface area contributed by atoms with Gasteiger partial charge in [0, 0.05) is 17.3 Å². The Morgan fingerprint density at radius 1 is 1.26 bits per heavy atom. The molecule has 2 aromatic carbocycles. The summed E-state index contributed by atoms with van der Waals surface area (Å²) in [6.07, 6.45) is 0.142. The number of benzene rings is 2. The number of halogens is 2. The Bertz CT molecular complexity index is 909. The van der Waals surface area contributed by atoms with Crippen LogP contribution in [0.1, 0.15) is 29.3 Å². The monoisotopic (exact) mass is 388 g/mol. The van der Waals surface area contributed by atoms with Crippen molar-refractivity contribution in [3.8, 4) is 11.8 Å². The first kappa shape index (κ1) is 20.4. The van der Waals surface area contributed by atoms with Crippen LogP contribution in [0.5, 0.6) is 5.75 Å². The third-order valence-corrected chi connectivity index (χ3v) is 4.30. The maximum Gasteiger partial charge on any atom is 0.264 e. The molecule has 2 rings (SSSR count). The summed E-state index contributed by atoms with van der Waals surface area (Å²) in [6.45, 7) is 2.92. The van der Waals surface area contributed by atoms with Crippen LogP contribution >= 0.6 is 11.6 Å². The highest BCUT2D eigenvalue weighted by Crippen LogP contribution is 2.24. The number of aryl methyl sites for hydroxylation is 1. The molecule has 0 fully saturated rings. The van der Waals surface area contributed by atoms with Crippen molar-refractivity contribution in [2.75, 3.05) is 18.1 Å². The number of rotatable bonds is 7. The molecule has 0 aliphatic carbocycles. The van der Waals surface area contributed by atoms with Crippen LogP contribution in [0.4, 0.5) is 10.1 Å². The van der Waals surface area contributed by atoms with Crippen molar-refractivity contribution in [3.63, 3.8) is 0 Å². The predicted molar refractivity (Wildman–Crippen MR) is 101 cm³/mol. The molecule has 0 bridgehead atoms. The fraction of sp³-hybridized carbons (Fsp3) is 0.250. The van der Waals surface area contributed by atoms with E-state index in [1.165, 1.54) is 17.9 Å². The zero-order chi connectivity index (χ0) is 20.0. The zero-order valence-electron chi connectivity index (χ0n) is 15.0. The van der Waals surface area contributed by atoms with Gasteiger partial charge in [0.15, 0.2) is 12.4 Å². The van der Waals surface area contributed by atoms with E-state index in [2.05, 4.69) is 0 Å². The normalized spacial score (nSPS) is 10.2. The molecule has 7 heteroatoms. The predicted octanol–water partition coefficient (Wildman–Crippen LogP) is 4.32. The van der Waals surface area contributed by atoms with E-state index in [0.717, 1.165) is 17.7 Å². The standard InChI is InChI=1S/C20H18ClFN2O3/c1-13-10-16(5-6-18(13)21)24(9-3-8-23)20(26)12-27-19-7-4-15(22)11-17(19)14(2)25/h4-7,10-11H,3,9,12H2,1-2H3. The van der Waals surface area contributed by atoms with Gasteiger partial charge in [0.2, 0.25) is 0 Å². The van der Waals surface area contributed by atoms with Gasteiger partial charge in [-0.25, -0.2) is 4.39 Å². The molecule has 5 nitrogen and oxygen atoms in total. The molecule has 0 aromatic heterocycles. The molecular weight excluding hydrogens is 371 g/mol. The van der Waals surface area contributed by atoms with Crippen molar-refractivity contribution < 1.29 is 18.7 Å². The topological polar surface area (TPSA) is 70.4 Å². The Labute approximate surface area is 161 Å².